The Morgan fingerprint density at radius 3 is 0.795 bits per heavy atom. The van der Waals surface area contributed by atoms with Crippen molar-refractivity contribution in [1.82, 2.24) is 13.7 Å². The Bertz CT molecular complexity index is 6460. The van der Waals surface area contributed by atoms with Gasteiger partial charge in [0.25, 0.3) is 0 Å². The largest absolute Gasteiger partial charge is 0.453 e. The summed E-state index contributed by atoms with van der Waals surface area (Å²) >= 11 is 0. The Morgan fingerprint density at radius 1 is 0.230 bits per heavy atom. The maximum atomic E-state index is 6.15. The van der Waals surface area contributed by atoms with Crippen molar-refractivity contribution in [2.75, 3.05) is 28.8 Å². The van der Waals surface area contributed by atoms with E-state index in [9.17, 15) is 0 Å². The lowest BCUT2D eigenvalue weighted by Gasteiger charge is -2.33. The molecule has 3 aliphatic rings. The van der Waals surface area contributed by atoms with E-state index in [0.29, 0.717) is 0 Å². The number of rotatable bonds is 9. The third kappa shape index (κ3) is 17.2. The number of anilines is 7. The lowest BCUT2D eigenvalue weighted by Crippen LogP contribution is -2.15. The fourth-order valence-electron chi connectivity index (χ4n) is 17.1. The maximum absolute atomic E-state index is 6.15. The molecule has 0 saturated carbocycles. The van der Waals surface area contributed by atoms with Crippen molar-refractivity contribution in [3.63, 3.8) is 0 Å². The van der Waals surface area contributed by atoms with E-state index in [1.54, 1.807) is 0 Å². The van der Waals surface area contributed by atoms with Crippen molar-refractivity contribution >= 4 is 105 Å². The summed E-state index contributed by atoms with van der Waals surface area (Å²) in [4.78, 5) is 6.60. The molecule has 0 unspecified atom stereocenters. The quantitative estimate of drug-likeness (QED) is 0.144. The molecule has 9 heteroatoms. The molecule has 0 fully saturated rings. The molecule has 3 aliphatic heterocycles. The molecule has 0 N–H and O–H groups in total. The second kappa shape index (κ2) is 35.4. The highest BCUT2D eigenvalue weighted by molar-refractivity contribution is 6.11. The minimum Gasteiger partial charge on any atom is -0.453 e. The molecule has 0 amide bonds. The van der Waals surface area contributed by atoms with E-state index in [1.807, 2.05) is 6.07 Å². The van der Waals surface area contributed by atoms with Crippen LogP contribution in [-0.4, -0.2) is 27.8 Å². The number of unbranched alkanes of at least 4 members (excludes halogenated alkanes) is 2. The highest BCUT2D eigenvalue weighted by Crippen LogP contribution is 2.52. The van der Waals surface area contributed by atoms with Gasteiger partial charge in [-0.25, -0.2) is 0 Å². The van der Waals surface area contributed by atoms with Crippen molar-refractivity contribution in [3.05, 3.63) is 375 Å². The average molecular weight is 1600 g/mol. The smallest absolute Gasteiger partial charge is 0.151 e. The zero-order chi connectivity index (χ0) is 85.1. The lowest BCUT2D eigenvalue weighted by atomic mass is 10.1. The van der Waals surface area contributed by atoms with Crippen molar-refractivity contribution < 1.29 is 14.2 Å². The number of benzene rings is 15. The Hall–Kier alpha value is -13.5. The van der Waals surface area contributed by atoms with Crippen LogP contribution in [-0.2, 0) is 13.0 Å². The first-order valence-electron chi connectivity index (χ1n) is 43.2. The molecule has 21 rings (SSSR count). The normalized spacial score (nSPS) is 12.0. The first-order chi connectivity index (χ1) is 59.0. The number of aromatic nitrogens is 3. The monoisotopic (exact) mass is 1600 g/mol. The van der Waals surface area contributed by atoms with Crippen molar-refractivity contribution in [2.45, 2.75) is 143 Å². The zero-order valence-corrected chi connectivity index (χ0v) is 73.9. The average Bonchev–Trinajstić information content (AvgIpc) is 1.56. The zero-order valence-electron chi connectivity index (χ0n) is 73.9. The summed E-state index contributed by atoms with van der Waals surface area (Å²) < 4.78 is 25.3. The summed E-state index contributed by atoms with van der Waals surface area (Å²) in [6.07, 6.45) is 6.14. The molecule has 0 radical (unpaired) electrons. The van der Waals surface area contributed by atoms with E-state index < -0.39 is 0 Å². The minimum atomic E-state index is 0.905. The second-order valence-electron chi connectivity index (χ2n) is 33.8. The third-order valence-corrected chi connectivity index (χ3v) is 23.7. The number of nitrogens with zero attached hydrogens (tertiary/aromatic N) is 6. The van der Waals surface area contributed by atoms with Crippen LogP contribution >= 0.6 is 0 Å². The van der Waals surface area contributed by atoms with Crippen LogP contribution in [0.1, 0.15) is 117 Å². The Kier molecular flexibility index (Phi) is 23.9. The third-order valence-electron chi connectivity index (χ3n) is 23.7. The first-order valence-corrected chi connectivity index (χ1v) is 43.2. The topological polar surface area (TPSA) is 52.2 Å². The predicted octanol–water partition coefficient (Wildman–Crippen LogP) is 31.9. The van der Waals surface area contributed by atoms with Gasteiger partial charge in [0.05, 0.1) is 56.2 Å². The van der Waals surface area contributed by atoms with E-state index >= 15 is 0 Å². The predicted molar refractivity (Wildman–Crippen MR) is 519 cm³/mol. The molecule has 122 heavy (non-hydrogen) atoms. The van der Waals surface area contributed by atoms with Gasteiger partial charge in [-0.2, -0.15) is 0 Å². The van der Waals surface area contributed by atoms with Gasteiger partial charge in [0.15, 0.2) is 34.5 Å². The fraction of sp³-hybridized carbons (Fsp3) is 0.204. The molecule has 15 aromatic carbocycles. The molecule has 612 valence electrons. The molecule has 0 saturated heterocycles. The van der Waals surface area contributed by atoms with Gasteiger partial charge in [0.2, 0.25) is 0 Å². The van der Waals surface area contributed by atoms with Crippen LogP contribution in [0, 0.1) is 90.0 Å². The van der Waals surface area contributed by atoms with Crippen molar-refractivity contribution in [1.29, 1.82) is 0 Å². The van der Waals surface area contributed by atoms with Crippen LogP contribution < -0.4 is 28.9 Å². The number of aryl methyl sites for hydroxylation is 15. The summed E-state index contributed by atoms with van der Waals surface area (Å²) in [5.74, 6) is 5.55. The summed E-state index contributed by atoms with van der Waals surface area (Å²) in [5, 5.41) is 8.14. The number of para-hydroxylation sites is 1. The van der Waals surface area contributed by atoms with Crippen LogP contribution in [0.5, 0.6) is 34.5 Å². The van der Waals surface area contributed by atoms with Crippen molar-refractivity contribution in [3.8, 4) is 45.9 Å². The molecule has 0 atom stereocenters. The van der Waals surface area contributed by atoms with Crippen molar-refractivity contribution in [2.24, 2.45) is 0 Å². The molecule has 3 aromatic heterocycles. The molecular formula is C113H112N6O3. The van der Waals surface area contributed by atoms with E-state index in [1.165, 1.54) is 187 Å². The second-order valence-corrected chi connectivity index (χ2v) is 33.8. The van der Waals surface area contributed by atoms with Gasteiger partial charge in [-0.05, 0) is 330 Å². The molecular weight excluding hydrogens is 1490 g/mol. The Labute approximate surface area is 720 Å². The van der Waals surface area contributed by atoms with Crippen LogP contribution in [0.25, 0.3) is 76.8 Å². The fourth-order valence-corrected chi connectivity index (χ4v) is 17.1. The molecule has 0 spiro atoms. The summed E-state index contributed by atoms with van der Waals surface area (Å²) in [6, 6.07) is 107. The molecule has 0 bridgehead atoms. The Balaban J connectivity index is 0.000000109. The Morgan fingerprint density at radius 2 is 0.484 bits per heavy atom. The SMILES string of the molecule is CCCCc1ccc(-n2c3ccc(C)cc3c3cc(C)ccc32)cc1.CCCCn1c2ccc(C)cc2c2cc(C)ccc21.Cc1ccc(-n2c3ccc(C)cc3c3cc(C)ccc32)cc1.Cc1ccc2c(c1)Oc1cc(C)ccc1N2C.Cc1ccc2c(c1)Oc1cc(C)ccc1N2C.Cc1ccc2c(c1)Oc1cc(C)ccc1N2c1ccccc1. The summed E-state index contributed by atoms with van der Waals surface area (Å²) in [5.41, 5.74) is 36.0. The van der Waals surface area contributed by atoms with Gasteiger partial charge in [-0.3, -0.25) is 0 Å². The maximum Gasteiger partial charge on any atom is 0.151 e. The van der Waals surface area contributed by atoms with Crippen LogP contribution in [0.4, 0.5) is 39.8 Å². The number of hydrogen-bond acceptors (Lipinski definition) is 6. The molecule has 0 aliphatic carbocycles. The number of fused-ring (bicyclic) bond motifs is 15. The minimum absolute atomic E-state index is 0.905. The van der Waals surface area contributed by atoms with Gasteiger partial charge >= 0.3 is 0 Å². The molecule has 18 aromatic rings. The van der Waals surface area contributed by atoms with Gasteiger partial charge in [0, 0.05) is 81.1 Å². The van der Waals surface area contributed by atoms with E-state index in [2.05, 4.69) is 438 Å². The van der Waals surface area contributed by atoms with Gasteiger partial charge in [-0.15, -0.1) is 0 Å². The number of hydrogen-bond donors (Lipinski definition) is 0. The van der Waals surface area contributed by atoms with E-state index in [-0.39, 0.29) is 0 Å². The highest BCUT2D eigenvalue weighted by atomic mass is 16.5. The lowest BCUT2D eigenvalue weighted by molar-refractivity contribution is 0.474. The molecule has 9 nitrogen and oxygen atoms in total. The highest BCUT2D eigenvalue weighted by Gasteiger charge is 2.28. The van der Waals surface area contributed by atoms with Crippen LogP contribution in [0.3, 0.4) is 0 Å². The van der Waals surface area contributed by atoms with E-state index in [0.717, 1.165) is 80.9 Å². The summed E-state index contributed by atoms with van der Waals surface area (Å²) in [6.45, 7) is 33.2. The molecule has 6 heterocycles. The van der Waals surface area contributed by atoms with Crippen LogP contribution in [0.2, 0.25) is 0 Å². The van der Waals surface area contributed by atoms with Crippen LogP contribution in [0.15, 0.2) is 297 Å². The van der Waals surface area contributed by atoms with E-state index in [4.69, 9.17) is 14.2 Å². The van der Waals surface area contributed by atoms with Gasteiger partial charge in [0.1, 0.15) is 0 Å². The standard InChI is InChI=1S/C24H25N.C21H19N.C20H17NO.C18H21N.2C15H15NO/c1-4-5-6-19-9-11-20(12-10-19)25-23-13-7-17(2)15-21(23)22-16-18(3)8-14-24(22)25;1-14-4-8-17(9-5-14)22-20-10-6-15(2)12-18(20)19-13-16(3)7-11-21(19)22;1-14-8-10-17-19(12-14)22-20-13-15(2)9-11-18(20)21(17)16-6-4-3-5-7-16;1-4-5-10-19-17-8-6-13(2)11-15(17)16-12-14(3)7-9-18(16)19;2*1-10-4-6-12-14(8-10)17-15-9-11(2)5-7-13(15)16(12)3/h7-16H,4-6H2,1-3H3;4-13H,1-3H3;3-13H,1-2H3;6-9,11-12H,4-5,10H2,1-3H3;2*4-9H,1-3H3. The van der Waals surface area contributed by atoms with Gasteiger partial charge in [-0.1, -0.05) is 181 Å². The summed E-state index contributed by atoms with van der Waals surface area (Å²) in [7, 11) is 4.15. The number of ether oxygens (including phenoxy) is 3. The first kappa shape index (κ1) is 82.2. The van der Waals surface area contributed by atoms with Gasteiger partial charge < -0.3 is 42.6 Å².